The quantitative estimate of drug-likeness (QED) is 0.408. The van der Waals surface area contributed by atoms with Crippen molar-refractivity contribution in [2.24, 2.45) is 0 Å². The summed E-state index contributed by atoms with van der Waals surface area (Å²) in [5, 5.41) is 3.99. The summed E-state index contributed by atoms with van der Waals surface area (Å²) in [5.41, 5.74) is 2.94. The Bertz CT molecular complexity index is 1390. The lowest BCUT2D eigenvalue weighted by Crippen LogP contribution is -2.12. The molecule has 4 aromatic rings. The Morgan fingerprint density at radius 3 is 2.65 bits per heavy atom. The first kappa shape index (κ1) is 20.8. The predicted molar refractivity (Wildman–Crippen MR) is 127 cm³/mol. The van der Waals surface area contributed by atoms with E-state index < -0.39 is 0 Å². The van der Waals surface area contributed by atoms with Gasteiger partial charge in [0, 0.05) is 5.69 Å². The molecule has 0 unspecified atom stereocenters. The van der Waals surface area contributed by atoms with Crippen LogP contribution in [0.3, 0.4) is 0 Å². The van der Waals surface area contributed by atoms with E-state index >= 15 is 0 Å². The van der Waals surface area contributed by atoms with E-state index in [1.54, 1.807) is 54.6 Å². The molecule has 1 heterocycles. The van der Waals surface area contributed by atoms with Gasteiger partial charge in [0.2, 0.25) is 0 Å². The number of hydrogen-bond acceptors (Lipinski definition) is 3. The number of hydrogen-bond donors (Lipinski definition) is 2. The molecule has 0 aliphatic rings. The number of carbonyl (C=O) groups excluding carboxylic acids is 1. The highest BCUT2D eigenvalue weighted by molar-refractivity contribution is 6.50. The van der Waals surface area contributed by atoms with Crippen LogP contribution in [0.1, 0.15) is 27.3 Å². The molecule has 0 spiro atoms. The summed E-state index contributed by atoms with van der Waals surface area (Å²) in [7, 11) is 0. The number of para-hydroxylation sites is 1. The van der Waals surface area contributed by atoms with Crippen LogP contribution in [0.5, 0.6) is 0 Å². The minimum absolute atomic E-state index is 0.254. The van der Waals surface area contributed by atoms with Crippen LogP contribution in [0.15, 0.2) is 71.5 Å². The van der Waals surface area contributed by atoms with E-state index in [1.807, 2.05) is 25.1 Å². The summed E-state index contributed by atoms with van der Waals surface area (Å²) in [6.45, 7) is 1.89. The third kappa shape index (κ3) is 4.53. The van der Waals surface area contributed by atoms with Gasteiger partial charge in [-0.15, -0.1) is 0 Å². The van der Waals surface area contributed by atoms with Gasteiger partial charge in [0.15, 0.2) is 5.82 Å². The summed E-state index contributed by atoms with van der Waals surface area (Å²) >= 11 is 12.6. The fourth-order valence-corrected chi connectivity index (χ4v) is 3.62. The molecule has 0 fully saturated rings. The zero-order valence-corrected chi connectivity index (χ0v) is 18.0. The van der Waals surface area contributed by atoms with E-state index in [-0.39, 0.29) is 22.3 Å². The van der Waals surface area contributed by atoms with Gasteiger partial charge in [0.25, 0.3) is 11.5 Å². The minimum atomic E-state index is -0.311. The summed E-state index contributed by atoms with van der Waals surface area (Å²) in [6, 6.07) is 19.4. The lowest BCUT2D eigenvalue weighted by atomic mass is 10.1. The van der Waals surface area contributed by atoms with Crippen molar-refractivity contribution >= 4 is 56.8 Å². The number of aromatic amines is 1. The molecule has 0 saturated heterocycles. The number of benzene rings is 3. The zero-order chi connectivity index (χ0) is 22.0. The summed E-state index contributed by atoms with van der Waals surface area (Å²) in [6.07, 6.45) is 1.68. The maximum Gasteiger partial charge on any atom is 0.259 e. The number of anilines is 1. The second-order valence-corrected chi connectivity index (χ2v) is 7.75. The molecule has 4 rings (SSSR count). The van der Waals surface area contributed by atoms with E-state index in [0.717, 1.165) is 11.1 Å². The normalized spacial score (nSPS) is 11.5. The first-order chi connectivity index (χ1) is 14.9. The number of carbonyl (C=O) groups is 1. The molecule has 1 amide bonds. The maximum absolute atomic E-state index is 12.5. The largest absolute Gasteiger partial charge is 0.322 e. The number of nitrogens with one attached hydrogen (secondary N) is 2. The second-order valence-electron chi connectivity index (χ2n) is 6.94. The SMILES string of the molecule is Cc1cccc2c(=O)[nH]c(C(Cl)=Cc3cccc(NC(=O)c4ccccc4Cl)c3)nc12. The number of rotatable bonds is 4. The van der Waals surface area contributed by atoms with E-state index in [1.165, 1.54) is 0 Å². The molecule has 2 N–H and O–H groups in total. The maximum atomic E-state index is 12.5. The van der Waals surface area contributed by atoms with E-state index in [0.29, 0.717) is 27.2 Å². The van der Waals surface area contributed by atoms with Crippen LogP contribution in [0.4, 0.5) is 5.69 Å². The Hall–Kier alpha value is -3.41. The van der Waals surface area contributed by atoms with Crippen molar-refractivity contribution in [1.82, 2.24) is 9.97 Å². The Morgan fingerprint density at radius 1 is 1.06 bits per heavy atom. The number of nitrogens with zero attached hydrogens (tertiary/aromatic N) is 1. The van der Waals surface area contributed by atoms with E-state index in [9.17, 15) is 9.59 Å². The highest BCUT2D eigenvalue weighted by Crippen LogP contribution is 2.23. The number of halogens is 2. The number of aryl methyl sites for hydroxylation is 1. The predicted octanol–water partition coefficient (Wildman–Crippen LogP) is 5.87. The number of amides is 1. The molecule has 5 nitrogen and oxygen atoms in total. The van der Waals surface area contributed by atoms with Crippen molar-refractivity contribution < 1.29 is 4.79 Å². The van der Waals surface area contributed by atoms with Gasteiger partial charge in [-0.25, -0.2) is 4.98 Å². The van der Waals surface area contributed by atoms with Gasteiger partial charge in [-0.05, 0) is 54.5 Å². The Balaban J connectivity index is 1.63. The van der Waals surface area contributed by atoms with Gasteiger partial charge in [-0.3, -0.25) is 9.59 Å². The van der Waals surface area contributed by atoms with Gasteiger partial charge in [0.1, 0.15) is 0 Å². The van der Waals surface area contributed by atoms with Gasteiger partial charge in [0.05, 0.1) is 26.5 Å². The Morgan fingerprint density at radius 2 is 1.84 bits per heavy atom. The summed E-state index contributed by atoms with van der Waals surface area (Å²) < 4.78 is 0. The molecular formula is C24H17Cl2N3O2. The lowest BCUT2D eigenvalue weighted by Gasteiger charge is -2.08. The smallest absolute Gasteiger partial charge is 0.259 e. The van der Waals surface area contributed by atoms with Crippen molar-refractivity contribution in [3.8, 4) is 0 Å². The van der Waals surface area contributed by atoms with Crippen LogP contribution in [-0.4, -0.2) is 15.9 Å². The molecule has 154 valence electrons. The number of fused-ring (bicyclic) bond motifs is 1. The summed E-state index contributed by atoms with van der Waals surface area (Å²) in [5.74, 6) is -0.0344. The molecular weight excluding hydrogens is 433 g/mol. The van der Waals surface area contributed by atoms with Crippen molar-refractivity contribution in [3.05, 3.63) is 105 Å². The third-order valence-corrected chi connectivity index (χ3v) is 5.34. The average Bonchev–Trinajstić information content (AvgIpc) is 2.75. The van der Waals surface area contributed by atoms with Gasteiger partial charge in [-0.1, -0.05) is 59.6 Å². The molecule has 0 aliphatic carbocycles. The van der Waals surface area contributed by atoms with Crippen LogP contribution < -0.4 is 10.9 Å². The molecule has 0 radical (unpaired) electrons. The molecule has 0 atom stereocenters. The molecule has 0 bridgehead atoms. The van der Waals surface area contributed by atoms with Gasteiger partial charge >= 0.3 is 0 Å². The number of aromatic nitrogens is 2. The average molecular weight is 450 g/mol. The lowest BCUT2D eigenvalue weighted by molar-refractivity contribution is 0.102. The fraction of sp³-hybridized carbons (Fsp3) is 0.0417. The van der Waals surface area contributed by atoms with Crippen molar-refractivity contribution in [3.63, 3.8) is 0 Å². The van der Waals surface area contributed by atoms with Gasteiger partial charge < -0.3 is 10.3 Å². The highest BCUT2D eigenvalue weighted by atomic mass is 35.5. The topological polar surface area (TPSA) is 74.8 Å². The molecule has 3 aromatic carbocycles. The Kier molecular flexibility index (Phi) is 5.89. The fourth-order valence-electron chi connectivity index (χ4n) is 3.18. The van der Waals surface area contributed by atoms with Crippen LogP contribution in [0.25, 0.3) is 22.0 Å². The second kappa shape index (κ2) is 8.76. The molecule has 0 aliphatic heterocycles. The van der Waals surface area contributed by atoms with Crippen molar-refractivity contribution in [1.29, 1.82) is 0 Å². The zero-order valence-electron chi connectivity index (χ0n) is 16.4. The first-order valence-corrected chi connectivity index (χ1v) is 10.2. The molecule has 7 heteroatoms. The van der Waals surface area contributed by atoms with E-state index in [2.05, 4.69) is 15.3 Å². The minimum Gasteiger partial charge on any atom is -0.322 e. The standard InChI is InChI=1S/C24H17Cl2N3O2/c1-14-6-4-10-18-21(14)28-22(29-24(18)31)20(26)13-15-7-5-8-16(12-15)27-23(30)17-9-2-3-11-19(17)25/h2-13H,1H3,(H,27,30)(H,28,29,31). The Labute approximate surface area is 188 Å². The summed E-state index contributed by atoms with van der Waals surface area (Å²) in [4.78, 5) is 32.1. The van der Waals surface area contributed by atoms with Crippen LogP contribution >= 0.6 is 23.2 Å². The van der Waals surface area contributed by atoms with Gasteiger partial charge in [-0.2, -0.15) is 0 Å². The highest BCUT2D eigenvalue weighted by Gasteiger charge is 2.11. The molecule has 31 heavy (non-hydrogen) atoms. The van der Waals surface area contributed by atoms with E-state index in [4.69, 9.17) is 23.2 Å². The van der Waals surface area contributed by atoms with Crippen LogP contribution in [-0.2, 0) is 0 Å². The molecule has 1 aromatic heterocycles. The van der Waals surface area contributed by atoms with Crippen molar-refractivity contribution in [2.45, 2.75) is 6.92 Å². The molecule has 0 saturated carbocycles. The first-order valence-electron chi connectivity index (χ1n) is 9.45. The van der Waals surface area contributed by atoms with Crippen LogP contribution in [0, 0.1) is 6.92 Å². The number of H-pyrrole nitrogens is 1. The van der Waals surface area contributed by atoms with Crippen LogP contribution in [0.2, 0.25) is 5.02 Å². The monoisotopic (exact) mass is 449 g/mol. The third-order valence-electron chi connectivity index (χ3n) is 4.72. The van der Waals surface area contributed by atoms with Crippen molar-refractivity contribution in [2.75, 3.05) is 5.32 Å².